The molecule has 0 bridgehead atoms. The molecule has 0 unspecified atom stereocenters. The molecule has 0 atom stereocenters. The van der Waals surface area contributed by atoms with Crippen LogP contribution in [0.4, 0.5) is 17.1 Å². The molecule has 0 heterocycles. The Morgan fingerprint density at radius 3 is 2.08 bits per heavy atom. The van der Waals surface area contributed by atoms with Crippen molar-refractivity contribution in [1.82, 2.24) is 0 Å². The Labute approximate surface area is 78.9 Å². The summed E-state index contributed by atoms with van der Waals surface area (Å²) in [5.41, 5.74) is 21.7. The van der Waals surface area contributed by atoms with Gasteiger partial charge in [0.2, 0.25) is 0 Å². The van der Waals surface area contributed by atoms with E-state index < -0.39 is 0 Å². The van der Waals surface area contributed by atoms with Gasteiger partial charge in [-0.1, -0.05) is 13.8 Å². The summed E-state index contributed by atoms with van der Waals surface area (Å²) < 4.78 is 0. The Bertz CT molecular complexity index is 318. The zero-order chi connectivity index (χ0) is 10.0. The van der Waals surface area contributed by atoms with E-state index in [0.29, 0.717) is 11.4 Å². The van der Waals surface area contributed by atoms with E-state index in [1.54, 1.807) is 0 Å². The predicted molar refractivity (Wildman–Crippen MR) is 58.4 cm³/mol. The van der Waals surface area contributed by atoms with E-state index in [4.69, 9.17) is 17.2 Å². The lowest BCUT2D eigenvalue weighted by molar-refractivity contribution is 1.11. The zero-order valence-electron chi connectivity index (χ0n) is 8.22. The van der Waals surface area contributed by atoms with Crippen molar-refractivity contribution in [3.8, 4) is 0 Å². The number of rotatable bonds is 2. The van der Waals surface area contributed by atoms with E-state index in [1.807, 2.05) is 19.9 Å². The number of hydrogen-bond acceptors (Lipinski definition) is 3. The second-order valence-corrected chi connectivity index (χ2v) is 3.14. The maximum absolute atomic E-state index is 5.87. The zero-order valence-corrected chi connectivity index (χ0v) is 8.22. The summed E-state index contributed by atoms with van der Waals surface area (Å²) in [5, 5.41) is 0. The van der Waals surface area contributed by atoms with Crippen LogP contribution in [0.1, 0.15) is 25.0 Å². The third-order valence-corrected chi connectivity index (χ3v) is 2.37. The van der Waals surface area contributed by atoms with Gasteiger partial charge in [-0.15, -0.1) is 0 Å². The molecule has 0 aromatic heterocycles. The van der Waals surface area contributed by atoms with Gasteiger partial charge < -0.3 is 17.2 Å². The molecule has 1 aromatic rings. The van der Waals surface area contributed by atoms with Gasteiger partial charge in [-0.3, -0.25) is 0 Å². The van der Waals surface area contributed by atoms with Crippen LogP contribution in [-0.4, -0.2) is 0 Å². The van der Waals surface area contributed by atoms with Crippen LogP contribution in [0.25, 0.3) is 0 Å². The number of nitrogens with two attached hydrogens (primary N) is 3. The van der Waals surface area contributed by atoms with Crippen LogP contribution >= 0.6 is 0 Å². The Morgan fingerprint density at radius 2 is 1.62 bits per heavy atom. The van der Waals surface area contributed by atoms with Crippen LogP contribution < -0.4 is 17.2 Å². The lowest BCUT2D eigenvalue weighted by atomic mass is 10.0. The summed E-state index contributed by atoms with van der Waals surface area (Å²) in [5.74, 6) is 0. The SMILES string of the molecule is CCc1cc(N)c(CC)c(N)c1N. The quantitative estimate of drug-likeness (QED) is 0.603. The highest BCUT2D eigenvalue weighted by Gasteiger charge is 2.09. The van der Waals surface area contributed by atoms with Gasteiger partial charge in [-0.2, -0.15) is 0 Å². The second kappa shape index (κ2) is 3.56. The topological polar surface area (TPSA) is 78.1 Å². The first kappa shape index (κ1) is 9.71. The summed E-state index contributed by atoms with van der Waals surface area (Å²) in [6.07, 6.45) is 1.69. The van der Waals surface area contributed by atoms with E-state index in [2.05, 4.69) is 0 Å². The first-order valence-electron chi connectivity index (χ1n) is 4.56. The molecular formula is C10H17N3. The summed E-state index contributed by atoms with van der Waals surface area (Å²) in [4.78, 5) is 0. The average Bonchev–Trinajstić information content (AvgIpc) is 2.12. The second-order valence-electron chi connectivity index (χ2n) is 3.14. The third-order valence-electron chi connectivity index (χ3n) is 2.37. The first-order valence-corrected chi connectivity index (χ1v) is 4.56. The van der Waals surface area contributed by atoms with Crippen LogP contribution in [-0.2, 0) is 12.8 Å². The lowest BCUT2D eigenvalue weighted by Gasteiger charge is -2.13. The van der Waals surface area contributed by atoms with Gasteiger partial charge >= 0.3 is 0 Å². The molecule has 3 heteroatoms. The molecule has 3 nitrogen and oxygen atoms in total. The standard InChI is InChI=1S/C10H17N3/c1-3-6-5-8(11)7(4-2)10(13)9(6)12/h5H,3-4,11-13H2,1-2H3. The highest BCUT2D eigenvalue weighted by atomic mass is 14.7. The summed E-state index contributed by atoms with van der Waals surface area (Å²) in [6, 6.07) is 1.92. The van der Waals surface area contributed by atoms with Gasteiger partial charge in [0.05, 0.1) is 11.4 Å². The molecule has 0 aliphatic rings. The predicted octanol–water partition coefficient (Wildman–Crippen LogP) is 1.56. The van der Waals surface area contributed by atoms with Crippen molar-refractivity contribution in [2.45, 2.75) is 26.7 Å². The number of nitrogen functional groups attached to an aromatic ring is 3. The van der Waals surface area contributed by atoms with Crippen LogP contribution in [0.3, 0.4) is 0 Å². The van der Waals surface area contributed by atoms with Crippen molar-refractivity contribution >= 4 is 17.1 Å². The number of aryl methyl sites for hydroxylation is 1. The molecule has 0 radical (unpaired) electrons. The maximum atomic E-state index is 5.87. The van der Waals surface area contributed by atoms with Crippen molar-refractivity contribution in [2.24, 2.45) is 0 Å². The Hall–Kier alpha value is -1.38. The molecule has 0 amide bonds. The highest BCUT2D eigenvalue weighted by molar-refractivity contribution is 5.77. The normalized spacial score (nSPS) is 10.3. The van der Waals surface area contributed by atoms with Crippen molar-refractivity contribution in [1.29, 1.82) is 0 Å². The molecule has 6 N–H and O–H groups in total. The Kier molecular flexibility index (Phi) is 2.66. The van der Waals surface area contributed by atoms with Crippen LogP contribution in [0.15, 0.2) is 6.07 Å². The number of hydrogen-bond donors (Lipinski definition) is 3. The molecule has 72 valence electrons. The first-order chi connectivity index (χ1) is 6.11. The lowest BCUT2D eigenvalue weighted by Crippen LogP contribution is -2.06. The molecule has 0 fully saturated rings. The minimum absolute atomic E-state index is 0.652. The molecule has 1 aromatic carbocycles. The molecular weight excluding hydrogens is 162 g/mol. The van der Waals surface area contributed by atoms with E-state index in [0.717, 1.165) is 29.7 Å². The van der Waals surface area contributed by atoms with Crippen molar-refractivity contribution < 1.29 is 0 Å². The van der Waals surface area contributed by atoms with Crippen LogP contribution in [0, 0.1) is 0 Å². The van der Waals surface area contributed by atoms with E-state index in [1.165, 1.54) is 0 Å². The van der Waals surface area contributed by atoms with Crippen molar-refractivity contribution in [2.75, 3.05) is 17.2 Å². The summed E-state index contributed by atoms with van der Waals surface area (Å²) in [6.45, 7) is 4.06. The molecule has 1 rings (SSSR count). The Balaban J connectivity index is 3.37. The molecule has 0 aliphatic heterocycles. The number of benzene rings is 1. The molecule has 0 saturated carbocycles. The minimum atomic E-state index is 0.652. The Morgan fingerprint density at radius 1 is 1.00 bits per heavy atom. The monoisotopic (exact) mass is 179 g/mol. The fourth-order valence-electron chi connectivity index (χ4n) is 1.53. The van der Waals surface area contributed by atoms with Gasteiger partial charge in [0.1, 0.15) is 0 Å². The number of anilines is 3. The van der Waals surface area contributed by atoms with Gasteiger partial charge in [0.15, 0.2) is 0 Å². The van der Waals surface area contributed by atoms with E-state index >= 15 is 0 Å². The van der Waals surface area contributed by atoms with Gasteiger partial charge in [-0.05, 0) is 30.0 Å². The largest absolute Gasteiger partial charge is 0.398 e. The fourth-order valence-corrected chi connectivity index (χ4v) is 1.53. The van der Waals surface area contributed by atoms with E-state index in [9.17, 15) is 0 Å². The van der Waals surface area contributed by atoms with Gasteiger partial charge in [-0.25, -0.2) is 0 Å². The molecule has 0 spiro atoms. The third kappa shape index (κ3) is 1.54. The molecule has 13 heavy (non-hydrogen) atoms. The summed E-state index contributed by atoms with van der Waals surface area (Å²) in [7, 11) is 0. The summed E-state index contributed by atoms with van der Waals surface area (Å²) >= 11 is 0. The minimum Gasteiger partial charge on any atom is -0.398 e. The van der Waals surface area contributed by atoms with Crippen molar-refractivity contribution in [3.63, 3.8) is 0 Å². The average molecular weight is 179 g/mol. The van der Waals surface area contributed by atoms with Crippen LogP contribution in [0.2, 0.25) is 0 Å². The van der Waals surface area contributed by atoms with Gasteiger partial charge in [0.25, 0.3) is 0 Å². The van der Waals surface area contributed by atoms with E-state index in [-0.39, 0.29) is 0 Å². The van der Waals surface area contributed by atoms with Crippen molar-refractivity contribution in [3.05, 3.63) is 17.2 Å². The van der Waals surface area contributed by atoms with Crippen LogP contribution in [0.5, 0.6) is 0 Å². The smallest absolute Gasteiger partial charge is 0.0603 e. The fraction of sp³-hybridized carbons (Fsp3) is 0.400. The maximum Gasteiger partial charge on any atom is 0.0603 e. The highest BCUT2D eigenvalue weighted by Crippen LogP contribution is 2.30. The van der Waals surface area contributed by atoms with Gasteiger partial charge in [0, 0.05) is 5.69 Å². The molecule has 0 saturated heterocycles. The molecule has 0 aliphatic carbocycles.